The first-order valence-corrected chi connectivity index (χ1v) is 9.50. The number of rotatable bonds is 4. The molecule has 3 heterocycles. The van der Waals surface area contributed by atoms with Crippen molar-refractivity contribution >= 4 is 16.6 Å². The largest absolute Gasteiger partial charge is 0.397 e. The number of piperidine rings is 1. The number of halogens is 1. The van der Waals surface area contributed by atoms with Gasteiger partial charge in [-0.05, 0) is 50.2 Å². The molecule has 0 radical (unpaired) electrons. The smallest absolute Gasteiger partial charge is 0.127 e. The molecule has 1 aliphatic heterocycles. The Morgan fingerprint density at radius 1 is 1.15 bits per heavy atom. The molecule has 0 unspecified atom stereocenters. The zero-order valence-electron chi connectivity index (χ0n) is 15.5. The third-order valence-electron chi connectivity index (χ3n) is 5.29. The second kappa shape index (κ2) is 7.56. The molecule has 2 aromatic heterocycles. The van der Waals surface area contributed by atoms with Crippen molar-refractivity contribution in [1.82, 2.24) is 19.9 Å². The maximum absolute atomic E-state index is 13.4. The lowest BCUT2D eigenvalue weighted by Crippen LogP contribution is -2.33. The number of likely N-dealkylation sites (tertiary alicyclic amines) is 1. The van der Waals surface area contributed by atoms with Gasteiger partial charge in [0.25, 0.3) is 0 Å². The fourth-order valence-corrected chi connectivity index (χ4v) is 3.77. The molecule has 0 saturated carbocycles. The summed E-state index contributed by atoms with van der Waals surface area (Å²) in [6.45, 7) is 4.91. The van der Waals surface area contributed by atoms with Gasteiger partial charge in [-0.25, -0.2) is 14.4 Å². The molecule has 0 spiro atoms. The van der Waals surface area contributed by atoms with Crippen LogP contribution in [0.15, 0.2) is 36.7 Å². The van der Waals surface area contributed by atoms with E-state index in [2.05, 4.69) is 21.8 Å². The van der Waals surface area contributed by atoms with Gasteiger partial charge in [0.05, 0.1) is 16.9 Å². The number of hydrogen-bond acceptors (Lipinski definition) is 5. The van der Waals surface area contributed by atoms with Crippen LogP contribution >= 0.6 is 0 Å². The van der Waals surface area contributed by atoms with E-state index in [1.807, 2.05) is 18.5 Å². The van der Waals surface area contributed by atoms with Gasteiger partial charge in [0.2, 0.25) is 0 Å². The Morgan fingerprint density at radius 2 is 1.89 bits per heavy atom. The normalized spacial score (nSPS) is 16.1. The average molecular weight is 365 g/mol. The Bertz CT molecular complexity index is 933. The average Bonchev–Trinajstić information content (AvgIpc) is 2.69. The molecule has 27 heavy (non-hydrogen) atoms. The topological polar surface area (TPSA) is 67.9 Å². The van der Waals surface area contributed by atoms with Crippen molar-refractivity contribution < 1.29 is 4.39 Å². The summed E-state index contributed by atoms with van der Waals surface area (Å²) in [4.78, 5) is 15.9. The lowest BCUT2D eigenvalue weighted by molar-refractivity contribution is 0.203. The summed E-state index contributed by atoms with van der Waals surface area (Å²) in [5.74, 6) is 0.963. The van der Waals surface area contributed by atoms with Gasteiger partial charge in [-0.3, -0.25) is 9.88 Å². The van der Waals surface area contributed by atoms with Crippen molar-refractivity contribution in [2.75, 3.05) is 18.8 Å². The SMILES string of the molecule is CCc1ncc(CN2CCC(c3nc4ccc(F)cc4cc3N)CC2)cn1. The number of benzene rings is 1. The number of aromatic nitrogens is 3. The van der Waals surface area contributed by atoms with E-state index in [-0.39, 0.29) is 5.82 Å². The molecule has 4 rings (SSSR count). The Labute approximate surface area is 158 Å². The van der Waals surface area contributed by atoms with Gasteiger partial charge in [-0.15, -0.1) is 0 Å². The van der Waals surface area contributed by atoms with E-state index in [0.717, 1.165) is 66.9 Å². The Kier molecular flexibility index (Phi) is 4.99. The summed E-state index contributed by atoms with van der Waals surface area (Å²) >= 11 is 0. The molecule has 1 saturated heterocycles. The number of pyridine rings is 1. The number of hydrogen-bond donors (Lipinski definition) is 1. The number of nitrogens with zero attached hydrogens (tertiary/aromatic N) is 4. The predicted molar refractivity (Wildman–Crippen MR) is 105 cm³/mol. The number of nitrogen functional groups attached to an aromatic ring is 1. The molecule has 140 valence electrons. The number of aryl methyl sites for hydroxylation is 1. The predicted octanol–water partition coefficient (Wildman–Crippen LogP) is 3.69. The first-order chi connectivity index (χ1) is 13.1. The highest BCUT2D eigenvalue weighted by Gasteiger charge is 2.24. The van der Waals surface area contributed by atoms with E-state index in [1.54, 1.807) is 6.07 Å². The maximum Gasteiger partial charge on any atom is 0.127 e. The van der Waals surface area contributed by atoms with Gasteiger partial charge in [0.1, 0.15) is 11.6 Å². The van der Waals surface area contributed by atoms with Crippen LogP contribution in [0.2, 0.25) is 0 Å². The van der Waals surface area contributed by atoms with Gasteiger partial charge in [0.15, 0.2) is 0 Å². The fraction of sp³-hybridized carbons (Fsp3) is 0.381. The first kappa shape index (κ1) is 17.8. The highest BCUT2D eigenvalue weighted by atomic mass is 19.1. The quantitative estimate of drug-likeness (QED) is 0.764. The fourth-order valence-electron chi connectivity index (χ4n) is 3.77. The summed E-state index contributed by atoms with van der Waals surface area (Å²) in [5.41, 5.74) is 9.80. The van der Waals surface area contributed by atoms with Crippen LogP contribution in [0.3, 0.4) is 0 Å². The standard InChI is InChI=1S/C21H24FN5/c1-2-20-24-11-14(12-25-20)13-27-7-5-15(6-8-27)21-18(23)10-16-9-17(22)3-4-19(16)26-21/h3-4,9-12,15H,2,5-8,13,23H2,1H3. The van der Waals surface area contributed by atoms with Crippen LogP contribution in [0.5, 0.6) is 0 Å². The molecule has 0 atom stereocenters. The van der Waals surface area contributed by atoms with Crippen molar-refractivity contribution in [3.05, 3.63) is 59.6 Å². The molecule has 2 N–H and O–H groups in total. The summed E-state index contributed by atoms with van der Waals surface area (Å²) in [7, 11) is 0. The summed E-state index contributed by atoms with van der Waals surface area (Å²) < 4.78 is 13.4. The van der Waals surface area contributed by atoms with Crippen molar-refractivity contribution in [2.45, 2.75) is 38.6 Å². The van der Waals surface area contributed by atoms with Crippen molar-refractivity contribution in [1.29, 1.82) is 0 Å². The van der Waals surface area contributed by atoms with Crippen LogP contribution in [0, 0.1) is 5.82 Å². The maximum atomic E-state index is 13.4. The number of fused-ring (bicyclic) bond motifs is 1. The monoisotopic (exact) mass is 365 g/mol. The third-order valence-corrected chi connectivity index (χ3v) is 5.29. The van der Waals surface area contributed by atoms with Crippen molar-refractivity contribution in [3.8, 4) is 0 Å². The van der Waals surface area contributed by atoms with Crippen molar-refractivity contribution in [2.24, 2.45) is 0 Å². The molecule has 0 amide bonds. The van der Waals surface area contributed by atoms with Crippen LogP contribution in [0.1, 0.15) is 42.8 Å². The lowest BCUT2D eigenvalue weighted by Gasteiger charge is -2.32. The minimum Gasteiger partial charge on any atom is -0.397 e. The van der Waals surface area contributed by atoms with E-state index >= 15 is 0 Å². The van der Waals surface area contributed by atoms with Crippen LogP contribution in [0.4, 0.5) is 10.1 Å². The summed E-state index contributed by atoms with van der Waals surface area (Å²) in [6, 6.07) is 6.50. The lowest BCUT2D eigenvalue weighted by atomic mass is 9.91. The summed E-state index contributed by atoms with van der Waals surface area (Å²) in [6.07, 6.45) is 6.74. The highest BCUT2D eigenvalue weighted by Crippen LogP contribution is 2.32. The van der Waals surface area contributed by atoms with Gasteiger partial charge in [-0.1, -0.05) is 6.92 Å². The van der Waals surface area contributed by atoms with E-state index in [1.165, 1.54) is 12.1 Å². The molecule has 1 aromatic carbocycles. The molecular formula is C21H24FN5. The minimum absolute atomic E-state index is 0.263. The number of anilines is 1. The van der Waals surface area contributed by atoms with E-state index in [4.69, 9.17) is 10.7 Å². The van der Waals surface area contributed by atoms with Crippen LogP contribution < -0.4 is 5.73 Å². The van der Waals surface area contributed by atoms with E-state index in [9.17, 15) is 4.39 Å². The zero-order valence-corrected chi connectivity index (χ0v) is 15.5. The van der Waals surface area contributed by atoms with Gasteiger partial charge in [0, 0.05) is 42.2 Å². The second-order valence-electron chi connectivity index (χ2n) is 7.21. The highest BCUT2D eigenvalue weighted by molar-refractivity contribution is 5.82. The van der Waals surface area contributed by atoms with Crippen LogP contribution in [-0.2, 0) is 13.0 Å². The molecule has 3 aromatic rings. The Morgan fingerprint density at radius 3 is 2.59 bits per heavy atom. The van der Waals surface area contributed by atoms with E-state index < -0.39 is 0 Å². The minimum atomic E-state index is -0.263. The third kappa shape index (κ3) is 3.90. The molecule has 1 fully saturated rings. The first-order valence-electron chi connectivity index (χ1n) is 9.50. The molecule has 5 nitrogen and oxygen atoms in total. The Hall–Kier alpha value is -2.60. The molecule has 0 bridgehead atoms. The molecule has 1 aliphatic rings. The molecule has 0 aliphatic carbocycles. The zero-order chi connectivity index (χ0) is 18.8. The van der Waals surface area contributed by atoms with Gasteiger partial charge >= 0.3 is 0 Å². The van der Waals surface area contributed by atoms with Crippen LogP contribution in [0.25, 0.3) is 10.9 Å². The second-order valence-corrected chi connectivity index (χ2v) is 7.21. The van der Waals surface area contributed by atoms with Crippen molar-refractivity contribution in [3.63, 3.8) is 0 Å². The molecular weight excluding hydrogens is 341 g/mol. The number of nitrogens with two attached hydrogens (primary N) is 1. The van der Waals surface area contributed by atoms with Gasteiger partial charge in [-0.2, -0.15) is 0 Å². The Balaban J connectivity index is 1.43. The molecule has 6 heteroatoms. The van der Waals surface area contributed by atoms with E-state index in [0.29, 0.717) is 11.6 Å². The van der Waals surface area contributed by atoms with Crippen LogP contribution in [-0.4, -0.2) is 32.9 Å². The van der Waals surface area contributed by atoms with Gasteiger partial charge < -0.3 is 5.73 Å². The summed E-state index contributed by atoms with van der Waals surface area (Å²) in [5, 5.41) is 0.754.